The summed E-state index contributed by atoms with van der Waals surface area (Å²) in [6, 6.07) is 75.0. The minimum Gasteiger partial charge on any atom is -0.0622 e. The van der Waals surface area contributed by atoms with Gasteiger partial charge in [0.15, 0.2) is 0 Å². The molecule has 0 heterocycles. The molecule has 0 bridgehead atoms. The topological polar surface area (TPSA) is 0 Å². The van der Waals surface area contributed by atoms with Gasteiger partial charge in [-0.15, -0.1) is 0 Å². The van der Waals surface area contributed by atoms with Crippen LogP contribution in [-0.2, 0) is 0 Å². The molecule has 0 nitrogen and oxygen atoms in total. The molecule has 0 aliphatic heterocycles. The molecule has 54 heavy (non-hydrogen) atoms. The molecule has 0 saturated heterocycles. The number of rotatable bonds is 6. The summed E-state index contributed by atoms with van der Waals surface area (Å²) in [5.74, 6) is 0. The van der Waals surface area contributed by atoms with Gasteiger partial charge >= 0.3 is 0 Å². The third kappa shape index (κ3) is 5.57. The van der Waals surface area contributed by atoms with Crippen molar-refractivity contribution in [2.45, 2.75) is 0 Å². The van der Waals surface area contributed by atoms with E-state index >= 15 is 0 Å². The summed E-state index contributed by atoms with van der Waals surface area (Å²) in [6.45, 7) is 0. The molecule has 0 radical (unpaired) electrons. The first-order valence-electron chi connectivity index (χ1n) is 18.7. The van der Waals surface area contributed by atoms with Gasteiger partial charge in [-0.1, -0.05) is 218 Å². The highest BCUT2D eigenvalue weighted by Crippen LogP contribution is 2.44. The molecule has 0 heteroatoms. The fraction of sp³-hybridized carbons (Fsp3) is 0. The van der Waals surface area contributed by atoms with E-state index < -0.39 is 0 Å². The summed E-state index contributed by atoms with van der Waals surface area (Å²) in [5, 5.41) is 10.1. The molecule has 0 saturated carbocycles. The SMILES string of the molecule is C(=C\c1ccc(-c2cccc3ccccc23)c2ccccc12)/c1ccc(-c2c3ccccc3c(-c3ccc(-c4ccccc4)cc3)c3ccccc23)cc1. The van der Waals surface area contributed by atoms with Crippen LogP contribution in [0.15, 0.2) is 206 Å². The van der Waals surface area contributed by atoms with E-state index in [2.05, 4.69) is 218 Å². The fourth-order valence-corrected chi connectivity index (χ4v) is 8.32. The van der Waals surface area contributed by atoms with Crippen molar-refractivity contribution in [2.75, 3.05) is 0 Å². The van der Waals surface area contributed by atoms with E-state index in [0.29, 0.717) is 0 Å². The second-order valence-corrected chi connectivity index (χ2v) is 14.0. The van der Waals surface area contributed by atoms with Crippen LogP contribution in [-0.4, -0.2) is 0 Å². The van der Waals surface area contributed by atoms with Crippen molar-refractivity contribution in [1.29, 1.82) is 0 Å². The monoisotopic (exact) mass is 684 g/mol. The van der Waals surface area contributed by atoms with E-state index in [9.17, 15) is 0 Å². The van der Waals surface area contributed by atoms with Crippen molar-refractivity contribution in [3.8, 4) is 44.5 Å². The van der Waals surface area contributed by atoms with Gasteiger partial charge in [-0.05, 0) is 98.7 Å². The van der Waals surface area contributed by atoms with Gasteiger partial charge in [0.1, 0.15) is 0 Å². The Kier molecular flexibility index (Phi) is 7.93. The van der Waals surface area contributed by atoms with Crippen LogP contribution in [0.4, 0.5) is 0 Å². The maximum Gasteiger partial charge on any atom is -0.00264 e. The van der Waals surface area contributed by atoms with Crippen LogP contribution in [0.1, 0.15) is 11.1 Å². The predicted octanol–water partition coefficient (Wildman–Crippen LogP) is 15.1. The van der Waals surface area contributed by atoms with Crippen molar-refractivity contribution in [3.05, 3.63) is 217 Å². The normalized spacial score (nSPS) is 11.6. The van der Waals surface area contributed by atoms with Crippen molar-refractivity contribution >= 4 is 55.2 Å². The Hall–Kier alpha value is -7.02. The zero-order chi connectivity index (χ0) is 35.8. The zero-order valence-electron chi connectivity index (χ0n) is 29.8. The van der Waals surface area contributed by atoms with Crippen LogP contribution >= 0.6 is 0 Å². The van der Waals surface area contributed by atoms with Crippen molar-refractivity contribution in [1.82, 2.24) is 0 Å². The van der Waals surface area contributed by atoms with E-state index in [-0.39, 0.29) is 0 Å². The molecule has 252 valence electrons. The van der Waals surface area contributed by atoms with Gasteiger partial charge in [-0.2, -0.15) is 0 Å². The predicted molar refractivity (Wildman–Crippen MR) is 234 cm³/mol. The van der Waals surface area contributed by atoms with Crippen molar-refractivity contribution in [3.63, 3.8) is 0 Å². The molecule has 0 aliphatic rings. The van der Waals surface area contributed by atoms with Crippen LogP contribution in [0.5, 0.6) is 0 Å². The smallest absolute Gasteiger partial charge is 0.00264 e. The molecule has 10 rings (SSSR count). The van der Waals surface area contributed by atoms with Gasteiger partial charge in [0.25, 0.3) is 0 Å². The first-order valence-corrected chi connectivity index (χ1v) is 18.7. The average Bonchev–Trinajstić information content (AvgIpc) is 3.25. The molecule has 0 atom stereocenters. The Morgan fingerprint density at radius 2 is 0.685 bits per heavy atom. The highest BCUT2D eigenvalue weighted by atomic mass is 14.2. The fourth-order valence-electron chi connectivity index (χ4n) is 8.32. The number of fused-ring (bicyclic) bond motifs is 4. The molecular formula is C54H36. The largest absolute Gasteiger partial charge is 0.0622 e. The van der Waals surface area contributed by atoms with Gasteiger partial charge in [0.2, 0.25) is 0 Å². The Bertz CT molecular complexity index is 2940. The summed E-state index contributed by atoms with van der Waals surface area (Å²) in [5.41, 5.74) is 12.4. The minimum atomic E-state index is 1.17. The second kappa shape index (κ2) is 13.5. The van der Waals surface area contributed by atoms with Crippen LogP contribution in [0.25, 0.3) is 99.7 Å². The molecule has 0 amide bonds. The maximum absolute atomic E-state index is 2.28. The van der Waals surface area contributed by atoms with Gasteiger partial charge in [-0.25, -0.2) is 0 Å². The molecule has 0 unspecified atom stereocenters. The number of hydrogen-bond donors (Lipinski definition) is 0. The lowest BCUT2D eigenvalue weighted by molar-refractivity contribution is 1.61. The molecule has 0 aromatic heterocycles. The molecule has 0 spiro atoms. The molecule has 0 fully saturated rings. The van der Waals surface area contributed by atoms with Crippen LogP contribution < -0.4 is 0 Å². The lowest BCUT2D eigenvalue weighted by Crippen LogP contribution is -1.91. The van der Waals surface area contributed by atoms with Gasteiger partial charge in [0, 0.05) is 0 Å². The number of benzene rings is 10. The van der Waals surface area contributed by atoms with Crippen molar-refractivity contribution < 1.29 is 0 Å². The first kappa shape index (κ1) is 31.7. The Balaban J connectivity index is 1.02. The van der Waals surface area contributed by atoms with E-state index in [4.69, 9.17) is 0 Å². The lowest BCUT2D eigenvalue weighted by atomic mass is 9.85. The maximum atomic E-state index is 2.28. The van der Waals surface area contributed by atoms with Gasteiger partial charge in [0.05, 0.1) is 0 Å². The van der Waals surface area contributed by atoms with Crippen molar-refractivity contribution in [2.24, 2.45) is 0 Å². The summed E-state index contributed by atoms with van der Waals surface area (Å²) < 4.78 is 0. The first-order chi connectivity index (χ1) is 26.8. The minimum absolute atomic E-state index is 1.17. The summed E-state index contributed by atoms with van der Waals surface area (Å²) >= 11 is 0. The molecule has 0 aliphatic carbocycles. The molecule has 10 aromatic rings. The highest BCUT2D eigenvalue weighted by molar-refractivity contribution is 6.21. The zero-order valence-corrected chi connectivity index (χ0v) is 29.8. The van der Waals surface area contributed by atoms with Crippen LogP contribution in [0.2, 0.25) is 0 Å². The second-order valence-electron chi connectivity index (χ2n) is 14.0. The highest BCUT2D eigenvalue weighted by Gasteiger charge is 2.17. The van der Waals surface area contributed by atoms with E-state index in [0.717, 1.165) is 0 Å². The van der Waals surface area contributed by atoms with E-state index in [1.807, 2.05) is 0 Å². The van der Waals surface area contributed by atoms with E-state index in [1.54, 1.807) is 0 Å². The van der Waals surface area contributed by atoms with Crippen LogP contribution in [0, 0.1) is 0 Å². The summed E-state index contributed by atoms with van der Waals surface area (Å²) in [6.07, 6.45) is 4.49. The Morgan fingerprint density at radius 1 is 0.241 bits per heavy atom. The third-order valence-corrected chi connectivity index (χ3v) is 10.9. The lowest BCUT2D eigenvalue weighted by Gasteiger charge is -2.18. The molecular weight excluding hydrogens is 649 g/mol. The third-order valence-electron chi connectivity index (χ3n) is 10.9. The summed E-state index contributed by atoms with van der Waals surface area (Å²) in [7, 11) is 0. The van der Waals surface area contributed by atoms with E-state index in [1.165, 1.54) is 98.7 Å². The Labute approximate surface area is 315 Å². The van der Waals surface area contributed by atoms with Crippen LogP contribution in [0.3, 0.4) is 0 Å². The van der Waals surface area contributed by atoms with Gasteiger partial charge < -0.3 is 0 Å². The average molecular weight is 685 g/mol. The number of hydrogen-bond acceptors (Lipinski definition) is 0. The van der Waals surface area contributed by atoms with Gasteiger partial charge in [-0.3, -0.25) is 0 Å². The summed E-state index contributed by atoms with van der Waals surface area (Å²) in [4.78, 5) is 0. The molecule has 0 N–H and O–H groups in total. The quantitative estimate of drug-likeness (QED) is 0.121. The standard InChI is InChI=1S/C54H36/c1-2-13-38(14-3-1)39-31-33-43(34-32-39)54-51-22-10-8-20-49(51)53(50-21-9-11-23-52(50)54)42-29-26-37(27-30-42)25-28-41-35-36-48(46-19-7-6-18-45(41)46)47-24-12-16-40-15-4-5-17-44(40)47/h1-36H/b28-25+. The molecule has 10 aromatic carbocycles. The Morgan fingerprint density at radius 3 is 1.31 bits per heavy atom.